The summed E-state index contributed by atoms with van der Waals surface area (Å²) >= 11 is 1.47. The third-order valence-corrected chi connectivity index (χ3v) is 5.37. The van der Waals surface area contributed by atoms with Gasteiger partial charge in [-0.2, -0.15) is 0 Å². The molecule has 1 heterocycles. The number of aromatic nitrogens is 2. The second kappa shape index (κ2) is 6.77. The number of benzene rings is 1. The van der Waals surface area contributed by atoms with E-state index in [1.165, 1.54) is 32.9 Å². The van der Waals surface area contributed by atoms with Crippen LogP contribution in [0.5, 0.6) is 0 Å². The van der Waals surface area contributed by atoms with Crippen LogP contribution < -0.4 is 0 Å². The van der Waals surface area contributed by atoms with Crippen LogP contribution in [-0.4, -0.2) is 22.8 Å². The summed E-state index contributed by atoms with van der Waals surface area (Å²) in [6, 6.07) is 7.38. The third-order valence-electron chi connectivity index (χ3n) is 1.93. The zero-order valence-corrected chi connectivity index (χ0v) is 12.0. The highest BCUT2D eigenvalue weighted by Crippen LogP contribution is 2.39. The number of hydrogen-bond acceptors (Lipinski definition) is 7. The summed E-state index contributed by atoms with van der Waals surface area (Å²) in [6.45, 7) is 2.17. The predicted octanol–water partition coefficient (Wildman–Crippen LogP) is 3.51. The molecule has 0 aliphatic carbocycles. The van der Waals surface area contributed by atoms with Crippen LogP contribution in [0.3, 0.4) is 0 Å². The molecule has 0 N–H and O–H groups in total. The van der Waals surface area contributed by atoms with Crippen molar-refractivity contribution in [3.8, 4) is 0 Å². The standard InChI is InChI=1S/C11H10N2O2S3/c1-2-15-10(14)8-5-3-4-6-9(8)17-18-11-13-12-7-16-11/h3-7H,2H2,1H3. The molecule has 0 radical (unpaired) electrons. The normalized spacial score (nSPS) is 10.3. The van der Waals surface area contributed by atoms with E-state index in [1.807, 2.05) is 18.2 Å². The van der Waals surface area contributed by atoms with E-state index in [0.29, 0.717) is 12.2 Å². The Morgan fingerprint density at radius 2 is 2.22 bits per heavy atom. The minimum Gasteiger partial charge on any atom is -0.462 e. The van der Waals surface area contributed by atoms with Gasteiger partial charge in [0.05, 0.1) is 12.2 Å². The average molecular weight is 298 g/mol. The van der Waals surface area contributed by atoms with Crippen LogP contribution in [0.2, 0.25) is 0 Å². The molecule has 0 bridgehead atoms. The summed E-state index contributed by atoms with van der Waals surface area (Å²) in [4.78, 5) is 12.6. The van der Waals surface area contributed by atoms with Gasteiger partial charge >= 0.3 is 5.97 Å². The van der Waals surface area contributed by atoms with Gasteiger partial charge in [0.15, 0.2) is 4.34 Å². The lowest BCUT2D eigenvalue weighted by atomic mass is 10.2. The molecule has 94 valence electrons. The topological polar surface area (TPSA) is 52.1 Å². The summed E-state index contributed by atoms with van der Waals surface area (Å²) < 4.78 is 5.88. The first kappa shape index (κ1) is 13.4. The number of esters is 1. The molecule has 2 rings (SSSR count). The SMILES string of the molecule is CCOC(=O)c1ccccc1SSc1nncs1. The molecule has 1 aromatic heterocycles. The van der Waals surface area contributed by atoms with Gasteiger partial charge in [-0.25, -0.2) is 4.79 Å². The van der Waals surface area contributed by atoms with E-state index in [1.54, 1.807) is 18.5 Å². The quantitative estimate of drug-likeness (QED) is 0.622. The first-order valence-electron chi connectivity index (χ1n) is 5.18. The zero-order chi connectivity index (χ0) is 12.8. The maximum absolute atomic E-state index is 11.8. The summed E-state index contributed by atoms with van der Waals surface area (Å²) in [6.07, 6.45) is 0. The van der Waals surface area contributed by atoms with Crippen molar-refractivity contribution in [2.75, 3.05) is 6.61 Å². The number of rotatable bonds is 5. The Balaban J connectivity index is 2.09. The number of nitrogens with zero attached hydrogens (tertiary/aromatic N) is 2. The summed E-state index contributed by atoms with van der Waals surface area (Å²) in [5.41, 5.74) is 2.27. The summed E-state index contributed by atoms with van der Waals surface area (Å²) in [7, 11) is 2.97. The van der Waals surface area contributed by atoms with Crippen LogP contribution in [0.1, 0.15) is 17.3 Å². The molecule has 0 saturated carbocycles. The van der Waals surface area contributed by atoms with Gasteiger partial charge in [0.25, 0.3) is 0 Å². The van der Waals surface area contributed by atoms with Crippen molar-refractivity contribution >= 4 is 38.9 Å². The second-order valence-corrected chi connectivity index (χ2v) is 6.34. The van der Waals surface area contributed by atoms with E-state index in [4.69, 9.17) is 4.74 Å². The lowest BCUT2D eigenvalue weighted by Gasteiger charge is -2.06. The highest BCUT2D eigenvalue weighted by atomic mass is 33.1. The van der Waals surface area contributed by atoms with Crippen LogP contribution in [0.15, 0.2) is 39.0 Å². The Labute approximate surface area is 117 Å². The van der Waals surface area contributed by atoms with Gasteiger partial charge in [0.2, 0.25) is 0 Å². The number of carbonyl (C=O) groups is 1. The fourth-order valence-corrected chi connectivity index (χ4v) is 4.06. The Kier molecular flexibility index (Phi) is 5.03. The van der Waals surface area contributed by atoms with Gasteiger partial charge in [-0.05, 0) is 40.6 Å². The summed E-state index contributed by atoms with van der Waals surface area (Å²) in [5, 5.41) is 7.70. The first-order valence-corrected chi connectivity index (χ1v) is 8.21. The van der Waals surface area contributed by atoms with E-state index >= 15 is 0 Å². The molecule has 0 aliphatic heterocycles. The molecule has 0 amide bonds. The van der Waals surface area contributed by atoms with Crippen molar-refractivity contribution in [1.29, 1.82) is 0 Å². The van der Waals surface area contributed by atoms with Gasteiger partial charge in [-0.15, -0.1) is 10.2 Å². The molecule has 0 unspecified atom stereocenters. The maximum Gasteiger partial charge on any atom is 0.339 e. The van der Waals surface area contributed by atoms with E-state index in [2.05, 4.69) is 10.2 Å². The molecule has 0 spiro atoms. The fourth-order valence-electron chi connectivity index (χ4n) is 1.20. The van der Waals surface area contributed by atoms with Crippen LogP contribution >= 0.6 is 32.9 Å². The van der Waals surface area contributed by atoms with E-state index in [-0.39, 0.29) is 5.97 Å². The molecule has 1 aromatic carbocycles. The van der Waals surface area contributed by atoms with Crippen molar-refractivity contribution in [2.24, 2.45) is 0 Å². The highest BCUT2D eigenvalue weighted by Gasteiger charge is 2.13. The minimum atomic E-state index is -0.293. The fraction of sp³-hybridized carbons (Fsp3) is 0.182. The predicted molar refractivity (Wildman–Crippen MR) is 74.0 cm³/mol. The smallest absolute Gasteiger partial charge is 0.339 e. The molecule has 18 heavy (non-hydrogen) atoms. The molecule has 0 fully saturated rings. The number of ether oxygens (including phenoxy) is 1. The average Bonchev–Trinajstić information content (AvgIpc) is 2.90. The van der Waals surface area contributed by atoms with Crippen molar-refractivity contribution < 1.29 is 9.53 Å². The molecule has 0 atom stereocenters. The Bertz CT molecular complexity index is 517. The lowest BCUT2D eigenvalue weighted by Crippen LogP contribution is -2.05. The molecule has 4 nitrogen and oxygen atoms in total. The highest BCUT2D eigenvalue weighted by molar-refractivity contribution is 8.77. The Morgan fingerprint density at radius 1 is 1.39 bits per heavy atom. The molecule has 0 saturated heterocycles. The lowest BCUT2D eigenvalue weighted by molar-refractivity contribution is 0.0522. The van der Waals surface area contributed by atoms with Gasteiger partial charge in [0, 0.05) is 4.90 Å². The maximum atomic E-state index is 11.8. The molecule has 0 aliphatic rings. The van der Waals surface area contributed by atoms with Gasteiger partial charge in [-0.1, -0.05) is 23.5 Å². The van der Waals surface area contributed by atoms with Crippen LogP contribution in [0, 0.1) is 0 Å². The second-order valence-electron chi connectivity index (χ2n) is 3.09. The minimum absolute atomic E-state index is 0.293. The Morgan fingerprint density at radius 3 is 2.94 bits per heavy atom. The van der Waals surface area contributed by atoms with E-state index < -0.39 is 0 Å². The zero-order valence-electron chi connectivity index (χ0n) is 9.53. The van der Waals surface area contributed by atoms with Crippen molar-refractivity contribution in [3.05, 3.63) is 35.3 Å². The van der Waals surface area contributed by atoms with E-state index in [0.717, 1.165) is 9.24 Å². The van der Waals surface area contributed by atoms with Crippen LogP contribution in [0.25, 0.3) is 0 Å². The largest absolute Gasteiger partial charge is 0.462 e. The Hall–Kier alpha value is -1.05. The third kappa shape index (κ3) is 3.47. The molecular weight excluding hydrogens is 288 g/mol. The monoisotopic (exact) mass is 298 g/mol. The van der Waals surface area contributed by atoms with Gasteiger partial charge < -0.3 is 4.74 Å². The number of carbonyl (C=O) groups excluding carboxylic acids is 1. The van der Waals surface area contributed by atoms with Crippen molar-refractivity contribution in [1.82, 2.24) is 10.2 Å². The van der Waals surface area contributed by atoms with Crippen molar-refractivity contribution in [2.45, 2.75) is 16.2 Å². The van der Waals surface area contributed by atoms with Gasteiger partial charge in [0.1, 0.15) is 5.51 Å². The molecule has 2 aromatic rings. The molecular formula is C11H10N2O2S3. The van der Waals surface area contributed by atoms with Crippen LogP contribution in [-0.2, 0) is 4.74 Å². The van der Waals surface area contributed by atoms with Gasteiger partial charge in [-0.3, -0.25) is 0 Å². The first-order chi connectivity index (χ1) is 8.81. The van der Waals surface area contributed by atoms with Crippen LogP contribution in [0.4, 0.5) is 0 Å². The van der Waals surface area contributed by atoms with E-state index in [9.17, 15) is 4.79 Å². The molecule has 7 heteroatoms. The van der Waals surface area contributed by atoms with Crippen molar-refractivity contribution in [3.63, 3.8) is 0 Å². The number of hydrogen-bond donors (Lipinski definition) is 0. The summed E-state index contributed by atoms with van der Waals surface area (Å²) in [5.74, 6) is -0.293.